The summed E-state index contributed by atoms with van der Waals surface area (Å²) >= 11 is 1.80. The fourth-order valence-electron chi connectivity index (χ4n) is 3.27. The largest absolute Gasteiger partial charge is 0.273 e. The molecule has 3 aromatic carbocycles. The number of rotatable bonds is 2. The molecule has 3 aromatic rings. The van der Waals surface area contributed by atoms with Crippen molar-refractivity contribution < 1.29 is 23.3 Å². The molecule has 144 valence electrons. The van der Waals surface area contributed by atoms with Crippen molar-refractivity contribution in [1.82, 2.24) is 0 Å². The first-order chi connectivity index (χ1) is 13.3. The number of hydrogen-bond acceptors (Lipinski definition) is 0. The van der Waals surface area contributed by atoms with Gasteiger partial charge in [-0.25, -0.2) is 12.2 Å². The first-order valence-electron chi connectivity index (χ1n) is 10.2. The molecule has 0 amide bonds. The Labute approximate surface area is 186 Å². The van der Waals surface area contributed by atoms with Crippen LogP contribution in [0.3, 0.4) is 0 Å². The fourth-order valence-corrected chi connectivity index (χ4v) is 4.60. The third-order valence-electron chi connectivity index (χ3n) is 4.85. The van der Waals surface area contributed by atoms with Crippen LogP contribution in [0.5, 0.6) is 0 Å². The maximum atomic E-state index is 2.99. The van der Waals surface area contributed by atoms with Crippen LogP contribution in [-0.2, 0) is 23.3 Å². The molecule has 0 saturated carbocycles. The molecule has 4 rings (SSSR count). The predicted molar refractivity (Wildman–Crippen MR) is 124 cm³/mol. The number of benzene rings is 2. The molecule has 0 aliphatic heterocycles. The van der Waals surface area contributed by atoms with Crippen molar-refractivity contribution in [1.29, 1.82) is 0 Å². The second-order valence-electron chi connectivity index (χ2n) is 8.09. The van der Waals surface area contributed by atoms with Gasteiger partial charge in [-0.15, -0.1) is 46.2 Å². The van der Waals surface area contributed by atoms with Crippen molar-refractivity contribution in [2.45, 2.75) is 59.0 Å². The number of aryl methyl sites for hydroxylation is 2. The van der Waals surface area contributed by atoms with Crippen LogP contribution < -0.4 is 0 Å². The minimum atomic E-state index is 0.0663. The van der Waals surface area contributed by atoms with E-state index in [-0.39, 0.29) is 5.43 Å². The van der Waals surface area contributed by atoms with E-state index in [0.717, 1.165) is 17.5 Å². The van der Waals surface area contributed by atoms with E-state index in [4.69, 9.17) is 0 Å². The second kappa shape index (κ2) is 11.2. The molecule has 0 radical (unpaired) electrons. The Morgan fingerprint density at radius 2 is 1.39 bits per heavy atom. The van der Waals surface area contributed by atoms with Crippen LogP contribution in [0, 0.1) is 19.9 Å². The quantitative estimate of drug-likeness (QED) is 0.267. The summed E-state index contributed by atoms with van der Waals surface area (Å²) in [5.41, 5.74) is 4.69. The van der Waals surface area contributed by atoms with Crippen molar-refractivity contribution in [3.63, 3.8) is 0 Å². The topological polar surface area (TPSA) is 0 Å². The Bertz CT molecular complexity index is 910. The zero-order chi connectivity index (χ0) is 20.7. The van der Waals surface area contributed by atoms with Crippen LogP contribution in [0.15, 0.2) is 60.7 Å². The van der Waals surface area contributed by atoms with E-state index < -0.39 is 0 Å². The van der Waals surface area contributed by atoms with Gasteiger partial charge in [0, 0.05) is 0 Å². The molecular weight excluding hydrogens is 432 g/mol. The first kappa shape index (κ1) is 23.2. The van der Waals surface area contributed by atoms with E-state index in [0.29, 0.717) is 0 Å². The molecule has 1 aliphatic rings. The Morgan fingerprint density at radius 3 is 1.68 bits per heavy atom. The van der Waals surface area contributed by atoms with Gasteiger partial charge in [0.15, 0.2) is 0 Å². The Kier molecular flexibility index (Phi) is 9.25. The van der Waals surface area contributed by atoms with E-state index in [1.807, 2.05) is 12.2 Å². The predicted octanol–water partition coefficient (Wildman–Crippen LogP) is 7.98. The molecular formula is C26H32SiZr. The summed E-state index contributed by atoms with van der Waals surface area (Å²) in [5, 5.41) is 5.46. The molecule has 0 fully saturated rings. The van der Waals surface area contributed by atoms with Crippen molar-refractivity contribution >= 4 is 27.0 Å². The van der Waals surface area contributed by atoms with Gasteiger partial charge < -0.3 is 0 Å². The summed E-state index contributed by atoms with van der Waals surface area (Å²) in [6, 6.07) is 15.6. The Hall–Kier alpha value is -1.11. The summed E-state index contributed by atoms with van der Waals surface area (Å²) in [6.07, 6.45) is 10.0. The van der Waals surface area contributed by atoms with Crippen LogP contribution in [0.4, 0.5) is 0 Å². The van der Waals surface area contributed by atoms with Gasteiger partial charge >= 0.3 is 67.5 Å². The van der Waals surface area contributed by atoms with Gasteiger partial charge in [-0.2, -0.15) is 6.08 Å². The molecule has 0 heterocycles. The minimum Gasteiger partial charge on any atom is -0.273 e. The Balaban J connectivity index is 0.000000181. The van der Waals surface area contributed by atoms with Gasteiger partial charge in [-0.1, -0.05) is 35.4 Å². The molecule has 0 bridgehead atoms. The summed E-state index contributed by atoms with van der Waals surface area (Å²) in [7, 11) is 0. The second-order valence-corrected chi connectivity index (χ2v) is 15.6. The van der Waals surface area contributed by atoms with Gasteiger partial charge in [0.05, 0.1) is 0 Å². The standard InChI is InChI=1S/C15H13.C6H14Si.C5H5.Zr/c1-10-3-5-14-12(7-10)9-13-8-11(2)4-6-15(13)14;1-5(2)7-6(3)4;1-2-4-5-3-1;/h3-9H,1-2H3;5-6H,1-4H3;1-3H,4H2;/q-1;;-1;+2. The maximum Gasteiger partial charge on any atom is -0.0469 e. The van der Waals surface area contributed by atoms with Gasteiger partial charge in [0.1, 0.15) is 0 Å². The van der Waals surface area contributed by atoms with Crippen LogP contribution in [-0.4, -0.2) is 5.43 Å². The third-order valence-corrected chi connectivity index (χ3v) is 15.8. The SMILES string of the molecule is CC(C)[Si](=[Zr+2])C(C)C.Cc1ccc2c(c1)[cH-]c1cc(C)ccc12.[C-]1=CC=CC1. The molecule has 0 unspecified atom stereocenters. The molecule has 28 heavy (non-hydrogen) atoms. The van der Waals surface area contributed by atoms with Crippen molar-refractivity contribution in [2.75, 3.05) is 0 Å². The minimum absolute atomic E-state index is 0.0663. The third kappa shape index (κ3) is 6.75. The average Bonchev–Trinajstić information content (AvgIpc) is 3.31. The first-order valence-corrected chi connectivity index (χ1v) is 15.5. The van der Waals surface area contributed by atoms with Crippen LogP contribution >= 0.6 is 0 Å². The van der Waals surface area contributed by atoms with E-state index in [2.05, 4.69) is 96.2 Å². The molecule has 1 aliphatic carbocycles. The van der Waals surface area contributed by atoms with Crippen molar-refractivity contribution in [3.8, 4) is 0 Å². The molecule has 0 atom stereocenters. The van der Waals surface area contributed by atoms with E-state index in [1.54, 1.807) is 23.3 Å². The van der Waals surface area contributed by atoms with Crippen molar-refractivity contribution in [2.24, 2.45) is 0 Å². The van der Waals surface area contributed by atoms with E-state index in [1.165, 1.54) is 32.7 Å². The van der Waals surface area contributed by atoms with Gasteiger partial charge in [0.2, 0.25) is 0 Å². The van der Waals surface area contributed by atoms with E-state index in [9.17, 15) is 0 Å². The van der Waals surface area contributed by atoms with Gasteiger partial charge in [0.25, 0.3) is 0 Å². The summed E-state index contributed by atoms with van der Waals surface area (Å²) in [6.45, 7) is 13.7. The zero-order valence-corrected chi connectivity index (χ0v) is 21.6. The molecule has 2 heteroatoms. The van der Waals surface area contributed by atoms with Crippen LogP contribution in [0.25, 0.3) is 21.5 Å². The fraction of sp³-hybridized carbons (Fsp3) is 0.346. The summed E-state index contributed by atoms with van der Waals surface area (Å²) in [5.74, 6) is 0. The summed E-state index contributed by atoms with van der Waals surface area (Å²) < 4.78 is 0. The Morgan fingerprint density at radius 1 is 0.893 bits per heavy atom. The molecule has 0 spiro atoms. The van der Waals surface area contributed by atoms with Gasteiger partial charge in [-0.3, -0.25) is 6.08 Å². The van der Waals surface area contributed by atoms with Crippen LogP contribution in [0.2, 0.25) is 11.1 Å². The normalized spacial score (nSPS) is 12.4. The zero-order valence-electron chi connectivity index (χ0n) is 18.1. The van der Waals surface area contributed by atoms with Crippen molar-refractivity contribution in [3.05, 3.63) is 77.9 Å². The molecule has 0 saturated heterocycles. The average molecular weight is 464 g/mol. The number of allylic oxidation sites excluding steroid dienone is 4. The van der Waals surface area contributed by atoms with Crippen LogP contribution in [0.1, 0.15) is 45.2 Å². The smallest absolute Gasteiger partial charge is 0.0469 e. The van der Waals surface area contributed by atoms with E-state index >= 15 is 0 Å². The molecule has 0 aromatic heterocycles. The molecule has 0 N–H and O–H groups in total. The summed E-state index contributed by atoms with van der Waals surface area (Å²) in [4.78, 5) is 0. The maximum absolute atomic E-state index is 2.99. The molecule has 0 nitrogen and oxygen atoms in total. The number of hydrogen-bond donors (Lipinski definition) is 0. The van der Waals surface area contributed by atoms with Gasteiger partial charge in [-0.05, 0) is 13.8 Å². The number of fused-ring (bicyclic) bond motifs is 3. The monoisotopic (exact) mass is 462 g/mol.